The van der Waals surface area contributed by atoms with Crippen molar-refractivity contribution in [2.45, 2.75) is 51.4 Å². The van der Waals surface area contributed by atoms with Crippen molar-refractivity contribution in [3.63, 3.8) is 0 Å². The second-order valence-electron chi connectivity index (χ2n) is 5.55. The number of aliphatic hydroxyl groups is 1. The Morgan fingerprint density at radius 3 is 2.19 bits per heavy atom. The highest BCUT2D eigenvalue weighted by molar-refractivity contribution is 7.91. The maximum Gasteiger partial charge on any atom is 0.152 e. The van der Waals surface area contributed by atoms with Crippen molar-refractivity contribution in [1.82, 2.24) is 0 Å². The van der Waals surface area contributed by atoms with Gasteiger partial charge < -0.3 is 5.11 Å². The van der Waals surface area contributed by atoms with Crippen LogP contribution in [-0.2, 0) is 9.84 Å². The molecule has 0 amide bonds. The molecule has 1 fully saturated rings. The normalized spacial score (nSPS) is 35.7. The Balaban J connectivity index is 2.65. The first-order chi connectivity index (χ1) is 7.23. The SMILES string of the molecule is CC1CCC(C(O)C(C)S(C)(=O)=O)CC1C. The van der Waals surface area contributed by atoms with Gasteiger partial charge in [-0.05, 0) is 37.5 Å². The average Bonchev–Trinajstić information content (AvgIpc) is 2.18. The van der Waals surface area contributed by atoms with Crippen molar-refractivity contribution < 1.29 is 13.5 Å². The van der Waals surface area contributed by atoms with E-state index in [2.05, 4.69) is 13.8 Å². The van der Waals surface area contributed by atoms with Crippen molar-refractivity contribution in [3.05, 3.63) is 0 Å². The number of aliphatic hydroxyl groups excluding tert-OH is 1. The van der Waals surface area contributed by atoms with Crippen LogP contribution in [0.1, 0.15) is 40.0 Å². The Bertz CT molecular complexity index is 323. The maximum atomic E-state index is 11.4. The van der Waals surface area contributed by atoms with Crippen LogP contribution in [0.2, 0.25) is 0 Å². The molecule has 0 spiro atoms. The second kappa shape index (κ2) is 5.05. The first-order valence-corrected chi connectivity index (χ1v) is 8.06. The molecular formula is C12H24O3S. The molecule has 16 heavy (non-hydrogen) atoms. The first-order valence-electron chi connectivity index (χ1n) is 6.10. The minimum Gasteiger partial charge on any atom is -0.392 e. The van der Waals surface area contributed by atoms with E-state index in [1.807, 2.05) is 0 Å². The zero-order valence-corrected chi connectivity index (χ0v) is 11.5. The molecule has 5 atom stereocenters. The summed E-state index contributed by atoms with van der Waals surface area (Å²) in [6.45, 7) is 6.03. The molecule has 3 nitrogen and oxygen atoms in total. The third kappa shape index (κ3) is 3.20. The van der Waals surface area contributed by atoms with Gasteiger partial charge in [0.2, 0.25) is 0 Å². The Labute approximate surface area is 99.2 Å². The fraction of sp³-hybridized carbons (Fsp3) is 1.00. The summed E-state index contributed by atoms with van der Waals surface area (Å²) < 4.78 is 22.8. The molecule has 1 aliphatic carbocycles. The minimum absolute atomic E-state index is 0.149. The van der Waals surface area contributed by atoms with Crippen LogP contribution < -0.4 is 0 Å². The number of sulfone groups is 1. The van der Waals surface area contributed by atoms with Gasteiger partial charge in [-0.3, -0.25) is 0 Å². The van der Waals surface area contributed by atoms with Crippen molar-refractivity contribution in [1.29, 1.82) is 0 Å². The number of hydrogen-bond acceptors (Lipinski definition) is 3. The van der Waals surface area contributed by atoms with E-state index >= 15 is 0 Å². The molecule has 0 bridgehead atoms. The summed E-state index contributed by atoms with van der Waals surface area (Å²) >= 11 is 0. The first kappa shape index (κ1) is 14.0. The molecule has 1 saturated carbocycles. The molecule has 1 N–H and O–H groups in total. The summed E-state index contributed by atoms with van der Waals surface area (Å²) in [5, 5.41) is 9.46. The Morgan fingerprint density at radius 2 is 1.75 bits per heavy atom. The smallest absolute Gasteiger partial charge is 0.152 e. The Hall–Kier alpha value is -0.0900. The maximum absolute atomic E-state index is 11.4. The lowest BCUT2D eigenvalue weighted by atomic mass is 9.73. The summed E-state index contributed by atoms with van der Waals surface area (Å²) in [6.07, 6.45) is 3.49. The van der Waals surface area contributed by atoms with E-state index in [1.54, 1.807) is 6.92 Å². The van der Waals surface area contributed by atoms with Gasteiger partial charge in [0, 0.05) is 6.26 Å². The third-order valence-electron chi connectivity index (χ3n) is 4.28. The van der Waals surface area contributed by atoms with E-state index in [9.17, 15) is 13.5 Å². The molecule has 0 saturated heterocycles. The van der Waals surface area contributed by atoms with E-state index in [0.717, 1.165) is 19.3 Å². The summed E-state index contributed by atoms with van der Waals surface area (Å²) in [5.74, 6) is 1.42. The minimum atomic E-state index is -3.13. The molecule has 0 aromatic rings. The summed E-state index contributed by atoms with van der Waals surface area (Å²) in [7, 11) is -3.13. The largest absolute Gasteiger partial charge is 0.392 e. The quantitative estimate of drug-likeness (QED) is 0.829. The lowest BCUT2D eigenvalue weighted by Crippen LogP contribution is -2.39. The van der Waals surface area contributed by atoms with Gasteiger partial charge in [0.05, 0.1) is 11.4 Å². The van der Waals surface area contributed by atoms with E-state index in [0.29, 0.717) is 11.8 Å². The van der Waals surface area contributed by atoms with Gasteiger partial charge in [-0.25, -0.2) is 8.42 Å². The zero-order valence-electron chi connectivity index (χ0n) is 10.7. The summed E-state index contributed by atoms with van der Waals surface area (Å²) in [5.41, 5.74) is 0. The van der Waals surface area contributed by atoms with Crippen molar-refractivity contribution in [2.24, 2.45) is 17.8 Å². The van der Waals surface area contributed by atoms with Gasteiger partial charge >= 0.3 is 0 Å². The predicted octanol–water partition coefficient (Wildman–Crippen LogP) is 1.85. The van der Waals surface area contributed by atoms with Gasteiger partial charge in [0.25, 0.3) is 0 Å². The third-order valence-corrected chi connectivity index (χ3v) is 5.91. The molecule has 96 valence electrons. The topological polar surface area (TPSA) is 54.4 Å². The van der Waals surface area contributed by atoms with Crippen molar-refractivity contribution in [2.75, 3.05) is 6.26 Å². The molecular weight excluding hydrogens is 224 g/mol. The second-order valence-corrected chi connectivity index (χ2v) is 7.96. The monoisotopic (exact) mass is 248 g/mol. The number of hydrogen-bond donors (Lipinski definition) is 1. The Kier molecular flexibility index (Phi) is 4.41. The highest BCUT2D eigenvalue weighted by atomic mass is 32.2. The van der Waals surface area contributed by atoms with Crippen LogP contribution in [0, 0.1) is 17.8 Å². The Morgan fingerprint density at radius 1 is 1.19 bits per heavy atom. The van der Waals surface area contributed by atoms with Crippen LogP contribution in [0.3, 0.4) is 0 Å². The molecule has 1 aliphatic rings. The van der Waals surface area contributed by atoms with Crippen LogP contribution in [0.15, 0.2) is 0 Å². The highest BCUT2D eigenvalue weighted by Crippen LogP contribution is 2.36. The van der Waals surface area contributed by atoms with Gasteiger partial charge in [0.15, 0.2) is 9.84 Å². The van der Waals surface area contributed by atoms with Crippen LogP contribution in [0.25, 0.3) is 0 Å². The molecule has 0 radical (unpaired) electrons. The molecule has 0 aliphatic heterocycles. The average molecular weight is 248 g/mol. The van der Waals surface area contributed by atoms with Gasteiger partial charge in [0.1, 0.15) is 0 Å². The molecule has 1 rings (SSSR count). The highest BCUT2D eigenvalue weighted by Gasteiger charge is 2.35. The molecule has 0 aromatic carbocycles. The van der Waals surface area contributed by atoms with Crippen molar-refractivity contribution >= 4 is 9.84 Å². The zero-order chi connectivity index (χ0) is 12.5. The van der Waals surface area contributed by atoms with Crippen molar-refractivity contribution in [3.8, 4) is 0 Å². The fourth-order valence-corrected chi connectivity index (χ4v) is 3.26. The van der Waals surface area contributed by atoms with Crippen LogP contribution in [0.5, 0.6) is 0 Å². The standard InChI is InChI=1S/C12H24O3S/c1-8-5-6-11(7-9(8)2)12(13)10(3)16(4,14)15/h8-13H,5-7H2,1-4H3. The van der Waals surface area contributed by atoms with Gasteiger partial charge in [-0.15, -0.1) is 0 Å². The lowest BCUT2D eigenvalue weighted by Gasteiger charge is -2.36. The lowest BCUT2D eigenvalue weighted by molar-refractivity contribution is 0.0564. The van der Waals surface area contributed by atoms with Gasteiger partial charge in [-0.2, -0.15) is 0 Å². The van der Waals surface area contributed by atoms with E-state index in [-0.39, 0.29) is 5.92 Å². The van der Waals surface area contributed by atoms with E-state index < -0.39 is 21.2 Å². The predicted molar refractivity (Wildman–Crippen MR) is 66.0 cm³/mol. The van der Waals surface area contributed by atoms with E-state index in [1.165, 1.54) is 6.26 Å². The summed E-state index contributed by atoms with van der Waals surface area (Å²) in [6, 6.07) is 0. The molecule has 0 aromatic heterocycles. The number of rotatable bonds is 3. The molecule has 4 heteroatoms. The molecule has 5 unspecified atom stereocenters. The van der Waals surface area contributed by atoms with E-state index in [4.69, 9.17) is 0 Å². The van der Waals surface area contributed by atoms with Crippen LogP contribution in [0.4, 0.5) is 0 Å². The van der Waals surface area contributed by atoms with Gasteiger partial charge in [-0.1, -0.05) is 20.3 Å². The summed E-state index contributed by atoms with van der Waals surface area (Å²) in [4.78, 5) is 0. The van der Waals surface area contributed by atoms with Crippen LogP contribution >= 0.6 is 0 Å². The molecule has 0 heterocycles. The van der Waals surface area contributed by atoms with Crippen LogP contribution in [-0.4, -0.2) is 31.1 Å². The fourth-order valence-electron chi connectivity index (χ4n) is 2.54.